The molecular weight excluding hydrogens is 384 g/mol. The lowest BCUT2D eigenvalue weighted by molar-refractivity contribution is 0.0953. The minimum atomic E-state index is -0.0612. The number of aromatic nitrogens is 1. The number of hydrogen-bond acceptors (Lipinski definition) is 5. The van der Waals surface area contributed by atoms with Crippen LogP contribution in [0.3, 0.4) is 0 Å². The first-order valence-corrected chi connectivity index (χ1v) is 10.4. The molecule has 6 heteroatoms. The summed E-state index contributed by atoms with van der Waals surface area (Å²) in [7, 11) is 3.21. The lowest BCUT2D eigenvalue weighted by Gasteiger charge is -2.16. The van der Waals surface area contributed by atoms with Crippen LogP contribution in [0.2, 0.25) is 0 Å². The van der Waals surface area contributed by atoms with Crippen molar-refractivity contribution in [1.82, 2.24) is 10.3 Å². The molecule has 150 valence electrons. The third-order valence-corrected chi connectivity index (χ3v) is 6.67. The van der Waals surface area contributed by atoms with Crippen LogP contribution in [0.5, 0.6) is 11.5 Å². The SMILES string of the molecule is COc1ccc(-c2nc(C)c(C(=O)NCC3(c4ccccc4)CC3)s2)cc1OC. The lowest BCUT2D eigenvalue weighted by Crippen LogP contribution is -2.32. The summed E-state index contributed by atoms with van der Waals surface area (Å²) in [5, 5.41) is 3.92. The van der Waals surface area contributed by atoms with Gasteiger partial charge in [-0.25, -0.2) is 4.98 Å². The predicted molar refractivity (Wildman–Crippen MR) is 115 cm³/mol. The number of nitrogens with one attached hydrogen (secondary N) is 1. The number of carbonyl (C=O) groups is 1. The molecular formula is C23H24N2O3S. The summed E-state index contributed by atoms with van der Waals surface area (Å²) >= 11 is 1.40. The van der Waals surface area contributed by atoms with Gasteiger partial charge in [0.15, 0.2) is 11.5 Å². The van der Waals surface area contributed by atoms with Crippen LogP contribution in [0, 0.1) is 6.92 Å². The van der Waals surface area contributed by atoms with Crippen LogP contribution in [0.1, 0.15) is 33.8 Å². The Bertz CT molecular complexity index is 1030. The third-order valence-electron chi connectivity index (χ3n) is 5.46. The van der Waals surface area contributed by atoms with Gasteiger partial charge in [-0.3, -0.25) is 4.79 Å². The number of nitrogens with zero attached hydrogens (tertiary/aromatic N) is 1. The lowest BCUT2D eigenvalue weighted by atomic mass is 9.96. The number of methoxy groups -OCH3 is 2. The molecule has 0 saturated heterocycles. The maximum absolute atomic E-state index is 12.9. The fourth-order valence-electron chi connectivity index (χ4n) is 3.54. The predicted octanol–water partition coefficient (Wildman–Crippen LogP) is 4.60. The first-order chi connectivity index (χ1) is 14.1. The van der Waals surface area contributed by atoms with Gasteiger partial charge in [-0.1, -0.05) is 30.3 Å². The summed E-state index contributed by atoms with van der Waals surface area (Å²) in [6.07, 6.45) is 2.21. The van der Waals surface area contributed by atoms with Gasteiger partial charge in [0.2, 0.25) is 0 Å². The molecule has 4 rings (SSSR count). The van der Waals surface area contributed by atoms with Gasteiger partial charge in [-0.15, -0.1) is 11.3 Å². The molecule has 5 nitrogen and oxygen atoms in total. The van der Waals surface area contributed by atoms with E-state index < -0.39 is 0 Å². The molecule has 1 aromatic heterocycles. The van der Waals surface area contributed by atoms with Gasteiger partial charge in [-0.05, 0) is 43.5 Å². The highest BCUT2D eigenvalue weighted by Crippen LogP contribution is 2.47. The van der Waals surface area contributed by atoms with E-state index in [2.05, 4.69) is 34.6 Å². The third kappa shape index (κ3) is 3.85. The van der Waals surface area contributed by atoms with Crippen LogP contribution >= 0.6 is 11.3 Å². The zero-order valence-corrected chi connectivity index (χ0v) is 17.6. The Labute approximate surface area is 174 Å². The Morgan fingerprint density at radius 2 is 1.83 bits per heavy atom. The molecule has 0 aliphatic heterocycles. The second-order valence-corrected chi connectivity index (χ2v) is 8.33. The van der Waals surface area contributed by atoms with Crippen molar-refractivity contribution >= 4 is 17.2 Å². The van der Waals surface area contributed by atoms with Crippen molar-refractivity contribution in [2.24, 2.45) is 0 Å². The van der Waals surface area contributed by atoms with Crippen molar-refractivity contribution < 1.29 is 14.3 Å². The van der Waals surface area contributed by atoms with Crippen molar-refractivity contribution in [1.29, 1.82) is 0 Å². The van der Waals surface area contributed by atoms with Crippen LogP contribution in [0.15, 0.2) is 48.5 Å². The number of hydrogen-bond donors (Lipinski definition) is 1. The highest BCUT2D eigenvalue weighted by Gasteiger charge is 2.44. The molecule has 2 aromatic carbocycles. The maximum Gasteiger partial charge on any atom is 0.263 e. The van der Waals surface area contributed by atoms with Crippen LogP contribution in [-0.2, 0) is 5.41 Å². The fourth-order valence-corrected chi connectivity index (χ4v) is 4.52. The van der Waals surface area contributed by atoms with Gasteiger partial charge in [0.1, 0.15) is 9.88 Å². The zero-order chi connectivity index (χ0) is 20.4. The molecule has 29 heavy (non-hydrogen) atoms. The highest BCUT2D eigenvalue weighted by atomic mass is 32.1. The minimum absolute atomic E-state index is 0.0612. The molecule has 0 spiro atoms. The van der Waals surface area contributed by atoms with Gasteiger partial charge in [0.25, 0.3) is 5.91 Å². The number of amides is 1. The van der Waals surface area contributed by atoms with Crippen LogP contribution in [-0.4, -0.2) is 31.7 Å². The molecule has 1 aliphatic rings. The van der Waals surface area contributed by atoms with Crippen molar-refractivity contribution in [3.8, 4) is 22.1 Å². The van der Waals surface area contributed by atoms with E-state index in [-0.39, 0.29) is 11.3 Å². The molecule has 1 saturated carbocycles. The monoisotopic (exact) mass is 408 g/mol. The van der Waals surface area contributed by atoms with E-state index in [0.717, 1.165) is 29.1 Å². The van der Waals surface area contributed by atoms with Crippen molar-refractivity contribution in [3.63, 3.8) is 0 Å². The van der Waals surface area contributed by atoms with Gasteiger partial charge in [0.05, 0.1) is 19.9 Å². The molecule has 1 fully saturated rings. The summed E-state index contributed by atoms with van der Waals surface area (Å²) in [6.45, 7) is 2.53. The molecule has 0 bridgehead atoms. The fraction of sp³-hybridized carbons (Fsp3) is 0.304. The number of benzene rings is 2. The van der Waals surface area contributed by atoms with Gasteiger partial charge in [-0.2, -0.15) is 0 Å². The Balaban J connectivity index is 1.50. The number of carbonyl (C=O) groups excluding carboxylic acids is 1. The highest BCUT2D eigenvalue weighted by molar-refractivity contribution is 7.17. The Morgan fingerprint density at radius 3 is 2.48 bits per heavy atom. The molecule has 1 amide bonds. The molecule has 1 N–H and O–H groups in total. The molecule has 0 atom stereocenters. The average molecular weight is 409 g/mol. The number of ether oxygens (including phenoxy) is 2. The summed E-state index contributed by atoms with van der Waals surface area (Å²) in [6, 6.07) is 16.1. The number of rotatable bonds is 7. The zero-order valence-electron chi connectivity index (χ0n) is 16.8. The van der Waals surface area contributed by atoms with E-state index in [1.54, 1.807) is 14.2 Å². The smallest absolute Gasteiger partial charge is 0.263 e. The molecule has 3 aromatic rings. The van der Waals surface area contributed by atoms with Gasteiger partial charge in [0, 0.05) is 17.5 Å². The minimum Gasteiger partial charge on any atom is -0.493 e. The molecule has 0 radical (unpaired) electrons. The normalized spacial score (nSPS) is 14.3. The molecule has 0 unspecified atom stereocenters. The van der Waals surface area contributed by atoms with E-state index >= 15 is 0 Å². The Morgan fingerprint density at radius 1 is 1.10 bits per heavy atom. The maximum atomic E-state index is 12.9. The van der Waals surface area contributed by atoms with Gasteiger partial charge >= 0.3 is 0 Å². The van der Waals surface area contributed by atoms with Crippen molar-refractivity contribution in [2.45, 2.75) is 25.2 Å². The Kier molecular flexibility index (Phi) is 5.28. The van der Waals surface area contributed by atoms with Crippen LogP contribution < -0.4 is 14.8 Å². The summed E-state index contributed by atoms with van der Waals surface area (Å²) in [5.74, 6) is 1.24. The first kappa shape index (κ1) is 19.5. The van der Waals surface area contributed by atoms with Gasteiger partial charge < -0.3 is 14.8 Å². The topological polar surface area (TPSA) is 60.5 Å². The molecule has 1 heterocycles. The summed E-state index contributed by atoms with van der Waals surface area (Å²) < 4.78 is 10.7. The summed E-state index contributed by atoms with van der Waals surface area (Å²) in [4.78, 5) is 18.1. The largest absolute Gasteiger partial charge is 0.493 e. The quantitative estimate of drug-likeness (QED) is 0.621. The first-order valence-electron chi connectivity index (χ1n) is 9.60. The standard InChI is InChI=1S/C23H24N2O3S/c1-15-20(21(26)24-14-23(11-12-23)17-7-5-4-6-8-17)29-22(25-15)16-9-10-18(27-2)19(13-16)28-3/h4-10,13H,11-12,14H2,1-3H3,(H,24,26). The number of thiazole rings is 1. The molecule has 1 aliphatic carbocycles. The van der Waals surface area contributed by atoms with Crippen molar-refractivity contribution in [3.05, 3.63) is 64.7 Å². The van der Waals surface area contributed by atoms with E-state index in [4.69, 9.17) is 9.47 Å². The second kappa shape index (κ2) is 7.87. The van der Waals surface area contributed by atoms with E-state index in [9.17, 15) is 4.79 Å². The van der Waals surface area contributed by atoms with Crippen LogP contribution in [0.25, 0.3) is 10.6 Å². The number of aryl methyl sites for hydroxylation is 1. The van der Waals surface area contributed by atoms with Crippen molar-refractivity contribution in [2.75, 3.05) is 20.8 Å². The van der Waals surface area contributed by atoms with E-state index in [1.165, 1.54) is 16.9 Å². The second-order valence-electron chi connectivity index (χ2n) is 7.33. The van der Waals surface area contributed by atoms with Crippen LogP contribution in [0.4, 0.5) is 0 Å². The summed E-state index contributed by atoms with van der Waals surface area (Å²) in [5.41, 5.74) is 3.02. The Hall–Kier alpha value is -2.86. The van der Waals surface area contributed by atoms with E-state index in [0.29, 0.717) is 22.9 Å². The van der Waals surface area contributed by atoms with E-state index in [1.807, 2.05) is 31.2 Å². The average Bonchev–Trinajstić information content (AvgIpc) is 3.46.